The number of aromatic nitrogens is 1. The van der Waals surface area contributed by atoms with E-state index in [0.717, 1.165) is 17.6 Å². The van der Waals surface area contributed by atoms with E-state index >= 15 is 0 Å². The maximum Gasteiger partial charge on any atom is 0.0707 e. The summed E-state index contributed by atoms with van der Waals surface area (Å²) in [5.41, 5.74) is 3.59. The van der Waals surface area contributed by atoms with Crippen LogP contribution in [0.25, 0.3) is 10.9 Å². The summed E-state index contributed by atoms with van der Waals surface area (Å²) in [5, 5.41) is 1.28. The highest BCUT2D eigenvalue weighted by Gasteiger charge is 2.12. The number of para-hydroxylation sites is 1. The molecule has 1 heterocycles. The van der Waals surface area contributed by atoms with Gasteiger partial charge in [-0.2, -0.15) is 0 Å². The number of nitrogens with zero attached hydrogens (tertiary/aromatic N) is 1. The zero-order valence-corrected chi connectivity index (χ0v) is 12.2. The quantitative estimate of drug-likeness (QED) is 0.759. The third-order valence-corrected chi connectivity index (χ3v) is 4.45. The smallest absolute Gasteiger partial charge is 0.0707 e. The fourth-order valence-electron chi connectivity index (χ4n) is 2.01. The van der Waals surface area contributed by atoms with Crippen molar-refractivity contribution in [3.8, 4) is 0 Å². The Balaban J connectivity index is 2.45. The molecule has 0 fully saturated rings. The van der Waals surface area contributed by atoms with Gasteiger partial charge in [0.25, 0.3) is 0 Å². The van der Waals surface area contributed by atoms with Crippen LogP contribution in [0.5, 0.6) is 0 Å². The SMILES string of the molecule is Cc1cc(CC(Br)C(C)C)c2ccccc2n1. The molecular weight excluding hydrogens is 274 g/mol. The Bertz CT molecular complexity index is 519. The van der Waals surface area contributed by atoms with Gasteiger partial charge in [0, 0.05) is 15.9 Å². The number of halogens is 1. The van der Waals surface area contributed by atoms with Gasteiger partial charge in [-0.3, -0.25) is 4.98 Å². The first-order valence-corrected chi connectivity index (χ1v) is 6.99. The van der Waals surface area contributed by atoms with E-state index in [1.54, 1.807) is 0 Å². The average Bonchev–Trinajstić information content (AvgIpc) is 2.28. The van der Waals surface area contributed by atoms with E-state index in [0.29, 0.717) is 10.7 Å². The summed E-state index contributed by atoms with van der Waals surface area (Å²) in [6.45, 7) is 6.56. The Kier molecular flexibility index (Phi) is 3.82. The van der Waals surface area contributed by atoms with Crippen molar-refractivity contribution >= 4 is 26.8 Å². The maximum atomic E-state index is 4.57. The monoisotopic (exact) mass is 291 g/mol. The van der Waals surface area contributed by atoms with E-state index in [2.05, 4.69) is 66.0 Å². The molecule has 0 bridgehead atoms. The van der Waals surface area contributed by atoms with Gasteiger partial charge in [0.05, 0.1) is 5.52 Å². The topological polar surface area (TPSA) is 12.9 Å². The van der Waals surface area contributed by atoms with E-state index in [9.17, 15) is 0 Å². The lowest BCUT2D eigenvalue weighted by Gasteiger charge is -2.15. The number of fused-ring (bicyclic) bond motifs is 1. The third kappa shape index (κ3) is 2.86. The van der Waals surface area contributed by atoms with Crippen LogP contribution in [-0.2, 0) is 6.42 Å². The maximum absolute atomic E-state index is 4.57. The van der Waals surface area contributed by atoms with Crippen molar-refractivity contribution < 1.29 is 0 Å². The van der Waals surface area contributed by atoms with Crippen LogP contribution in [0, 0.1) is 12.8 Å². The van der Waals surface area contributed by atoms with E-state index in [-0.39, 0.29) is 0 Å². The second-order valence-corrected chi connectivity index (χ2v) is 6.08. The summed E-state index contributed by atoms with van der Waals surface area (Å²) in [6.07, 6.45) is 1.06. The predicted molar refractivity (Wildman–Crippen MR) is 77.7 cm³/mol. The van der Waals surface area contributed by atoms with E-state index in [1.165, 1.54) is 10.9 Å². The molecule has 90 valence electrons. The van der Waals surface area contributed by atoms with Gasteiger partial charge in [-0.25, -0.2) is 0 Å². The van der Waals surface area contributed by atoms with Gasteiger partial charge in [-0.1, -0.05) is 48.0 Å². The highest BCUT2D eigenvalue weighted by Crippen LogP contribution is 2.24. The lowest BCUT2D eigenvalue weighted by atomic mass is 9.99. The fourth-order valence-corrected chi connectivity index (χ4v) is 2.36. The van der Waals surface area contributed by atoms with Crippen LogP contribution in [0.1, 0.15) is 25.1 Å². The highest BCUT2D eigenvalue weighted by atomic mass is 79.9. The first kappa shape index (κ1) is 12.6. The largest absolute Gasteiger partial charge is 0.253 e. The molecule has 1 aromatic carbocycles. The van der Waals surface area contributed by atoms with Crippen LogP contribution >= 0.6 is 15.9 Å². The molecule has 0 aliphatic carbocycles. The number of hydrogen-bond acceptors (Lipinski definition) is 1. The number of alkyl halides is 1. The van der Waals surface area contributed by atoms with Gasteiger partial charge in [-0.15, -0.1) is 0 Å². The molecule has 0 aliphatic rings. The molecule has 0 saturated carbocycles. The summed E-state index contributed by atoms with van der Waals surface area (Å²) in [5.74, 6) is 0.641. The molecule has 2 rings (SSSR count). The Morgan fingerprint density at radius 3 is 2.65 bits per heavy atom. The fraction of sp³-hybridized carbons (Fsp3) is 0.400. The molecule has 1 unspecified atom stereocenters. The molecule has 0 saturated heterocycles. The lowest BCUT2D eigenvalue weighted by Crippen LogP contribution is -2.11. The molecule has 1 aromatic heterocycles. The third-order valence-electron chi connectivity index (χ3n) is 3.07. The number of benzene rings is 1. The van der Waals surface area contributed by atoms with Crippen LogP contribution in [0.15, 0.2) is 30.3 Å². The first-order chi connectivity index (χ1) is 8.08. The second kappa shape index (κ2) is 5.18. The predicted octanol–water partition coefficient (Wildman–Crippen LogP) is 4.51. The number of rotatable bonds is 3. The molecule has 0 radical (unpaired) electrons. The zero-order valence-electron chi connectivity index (χ0n) is 10.6. The lowest BCUT2D eigenvalue weighted by molar-refractivity contribution is 0.614. The second-order valence-electron chi connectivity index (χ2n) is 4.90. The molecule has 0 spiro atoms. The molecule has 17 heavy (non-hydrogen) atoms. The highest BCUT2D eigenvalue weighted by molar-refractivity contribution is 9.09. The standard InChI is InChI=1S/C15H18BrN/c1-10(2)14(16)9-12-8-11(3)17-15-7-5-4-6-13(12)15/h4-8,10,14H,9H2,1-3H3. The number of hydrogen-bond donors (Lipinski definition) is 0. The van der Waals surface area contributed by atoms with Gasteiger partial charge in [-0.05, 0) is 37.0 Å². The summed E-state index contributed by atoms with van der Waals surface area (Å²) < 4.78 is 0. The molecular formula is C15H18BrN. The van der Waals surface area contributed by atoms with Crippen LogP contribution in [0.3, 0.4) is 0 Å². The van der Waals surface area contributed by atoms with Gasteiger partial charge in [0.2, 0.25) is 0 Å². The first-order valence-electron chi connectivity index (χ1n) is 6.07. The number of pyridine rings is 1. The molecule has 2 aromatic rings. The van der Waals surface area contributed by atoms with Crippen LogP contribution in [0.2, 0.25) is 0 Å². The van der Waals surface area contributed by atoms with Gasteiger partial charge in [0.1, 0.15) is 0 Å². The molecule has 2 heteroatoms. The number of aryl methyl sites for hydroxylation is 1. The Labute approximate surface area is 111 Å². The van der Waals surface area contributed by atoms with E-state index < -0.39 is 0 Å². The Morgan fingerprint density at radius 1 is 1.24 bits per heavy atom. The molecule has 0 amide bonds. The summed E-state index contributed by atoms with van der Waals surface area (Å²) >= 11 is 3.77. The van der Waals surface area contributed by atoms with Gasteiger partial charge < -0.3 is 0 Å². The van der Waals surface area contributed by atoms with Crippen molar-refractivity contribution in [3.63, 3.8) is 0 Å². The van der Waals surface area contributed by atoms with Crippen molar-refractivity contribution in [2.75, 3.05) is 0 Å². The van der Waals surface area contributed by atoms with Crippen molar-refractivity contribution in [2.45, 2.75) is 32.0 Å². The van der Waals surface area contributed by atoms with Crippen LogP contribution < -0.4 is 0 Å². The van der Waals surface area contributed by atoms with Gasteiger partial charge in [0.15, 0.2) is 0 Å². The Morgan fingerprint density at radius 2 is 1.94 bits per heavy atom. The molecule has 1 nitrogen and oxygen atoms in total. The van der Waals surface area contributed by atoms with Crippen molar-refractivity contribution in [3.05, 3.63) is 41.6 Å². The average molecular weight is 292 g/mol. The minimum absolute atomic E-state index is 0.521. The van der Waals surface area contributed by atoms with E-state index in [4.69, 9.17) is 0 Å². The minimum Gasteiger partial charge on any atom is -0.253 e. The summed E-state index contributed by atoms with van der Waals surface area (Å²) in [6, 6.07) is 10.6. The molecule has 1 atom stereocenters. The van der Waals surface area contributed by atoms with Crippen LogP contribution in [0.4, 0.5) is 0 Å². The van der Waals surface area contributed by atoms with Crippen molar-refractivity contribution in [1.82, 2.24) is 4.98 Å². The van der Waals surface area contributed by atoms with Crippen molar-refractivity contribution in [1.29, 1.82) is 0 Å². The zero-order chi connectivity index (χ0) is 12.4. The molecule has 0 N–H and O–H groups in total. The van der Waals surface area contributed by atoms with E-state index in [1.807, 2.05) is 6.07 Å². The Hall–Kier alpha value is -0.890. The summed E-state index contributed by atoms with van der Waals surface area (Å²) in [4.78, 5) is 5.09. The van der Waals surface area contributed by atoms with Crippen molar-refractivity contribution in [2.24, 2.45) is 5.92 Å². The van der Waals surface area contributed by atoms with Gasteiger partial charge >= 0.3 is 0 Å². The molecule has 0 aliphatic heterocycles. The minimum atomic E-state index is 0.521. The van der Waals surface area contributed by atoms with Crippen LogP contribution in [-0.4, -0.2) is 9.81 Å². The normalized spacial score (nSPS) is 13.2. The summed E-state index contributed by atoms with van der Waals surface area (Å²) in [7, 11) is 0.